The van der Waals surface area contributed by atoms with Gasteiger partial charge in [-0.25, -0.2) is 4.98 Å². The molecule has 1 fully saturated rings. The number of carbonyl (C=O) groups is 2. The highest BCUT2D eigenvalue weighted by atomic mass is 16.2. The lowest BCUT2D eigenvalue weighted by molar-refractivity contribution is -0.132. The van der Waals surface area contributed by atoms with Crippen LogP contribution in [0.3, 0.4) is 0 Å². The highest BCUT2D eigenvalue weighted by Crippen LogP contribution is 2.14. The molecule has 132 valence electrons. The highest BCUT2D eigenvalue weighted by Gasteiger charge is 2.24. The van der Waals surface area contributed by atoms with Gasteiger partial charge in [0.25, 0.3) is 5.91 Å². The van der Waals surface area contributed by atoms with Crippen molar-refractivity contribution in [2.75, 3.05) is 13.1 Å². The van der Waals surface area contributed by atoms with Crippen LogP contribution in [-0.4, -0.2) is 45.4 Å². The Bertz CT molecular complexity index is 719. The van der Waals surface area contributed by atoms with Crippen molar-refractivity contribution in [3.8, 4) is 0 Å². The van der Waals surface area contributed by atoms with Crippen molar-refractivity contribution in [3.63, 3.8) is 0 Å². The quantitative estimate of drug-likeness (QED) is 0.905. The van der Waals surface area contributed by atoms with Crippen molar-refractivity contribution in [2.45, 2.75) is 38.8 Å². The maximum atomic E-state index is 12.4. The van der Waals surface area contributed by atoms with Crippen LogP contribution in [0.4, 0.5) is 0 Å². The second-order valence-electron chi connectivity index (χ2n) is 6.49. The minimum Gasteiger partial charge on any atom is -0.349 e. The molecule has 2 aromatic rings. The van der Waals surface area contributed by atoms with Gasteiger partial charge in [-0.05, 0) is 31.4 Å². The highest BCUT2D eigenvalue weighted by molar-refractivity contribution is 5.95. The van der Waals surface area contributed by atoms with E-state index in [0.29, 0.717) is 26.1 Å². The normalized spacial score (nSPS) is 15.2. The molecule has 25 heavy (non-hydrogen) atoms. The van der Waals surface area contributed by atoms with Crippen LogP contribution < -0.4 is 5.32 Å². The zero-order valence-electron chi connectivity index (χ0n) is 14.5. The number of nitrogens with one attached hydrogen (secondary N) is 1. The molecule has 1 aliphatic rings. The Morgan fingerprint density at radius 2 is 2.00 bits per heavy atom. The number of nitrogens with zero attached hydrogens (tertiary/aromatic N) is 3. The number of hydrogen-bond donors (Lipinski definition) is 1. The van der Waals surface area contributed by atoms with Gasteiger partial charge in [-0.15, -0.1) is 0 Å². The van der Waals surface area contributed by atoms with Crippen LogP contribution in [0.15, 0.2) is 43.0 Å². The molecule has 0 radical (unpaired) electrons. The largest absolute Gasteiger partial charge is 0.349 e. The Morgan fingerprint density at radius 3 is 2.68 bits per heavy atom. The van der Waals surface area contributed by atoms with Crippen LogP contribution in [0.25, 0.3) is 0 Å². The smallest absolute Gasteiger partial charge is 0.251 e. The number of hydrogen-bond acceptors (Lipinski definition) is 3. The fourth-order valence-electron chi connectivity index (χ4n) is 3.17. The fraction of sp³-hybridized carbons (Fsp3) is 0.421. The Morgan fingerprint density at radius 1 is 1.24 bits per heavy atom. The van der Waals surface area contributed by atoms with Gasteiger partial charge in [-0.2, -0.15) is 0 Å². The summed E-state index contributed by atoms with van der Waals surface area (Å²) in [6, 6.07) is 7.73. The molecule has 6 heteroatoms. The maximum absolute atomic E-state index is 12.4. The number of imidazole rings is 1. The predicted molar refractivity (Wildman–Crippen MR) is 95.1 cm³/mol. The molecule has 3 rings (SSSR count). The fourth-order valence-corrected chi connectivity index (χ4v) is 3.17. The minimum atomic E-state index is -0.0250. The molecule has 2 heterocycles. The van der Waals surface area contributed by atoms with Gasteiger partial charge >= 0.3 is 0 Å². The SMILES string of the molecule is Cc1ccccc1C(=O)NC1CCN(C(=O)CCn2ccnc2)CC1. The molecule has 1 aliphatic heterocycles. The van der Waals surface area contributed by atoms with E-state index in [4.69, 9.17) is 0 Å². The summed E-state index contributed by atoms with van der Waals surface area (Å²) in [7, 11) is 0. The van der Waals surface area contributed by atoms with Gasteiger partial charge in [-0.1, -0.05) is 18.2 Å². The standard InChI is InChI=1S/C19H24N4O2/c1-15-4-2-3-5-17(15)19(25)21-16-6-11-23(12-7-16)18(24)8-10-22-13-9-20-14-22/h2-5,9,13-14,16H,6-8,10-12H2,1H3,(H,21,25). The second-order valence-corrected chi connectivity index (χ2v) is 6.49. The summed E-state index contributed by atoms with van der Waals surface area (Å²) in [6.45, 7) is 3.99. The molecular weight excluding hydrogens is 316 g/mol. The van der Waals surface area contributed by atoms with Crippen molar-refractivity contribution in [3.05, 3.63) is 54.1 Å². The molecule has 0 saturated carbocycles. The van der Waals surface area contributed by atoms with Gasteiger partial charge in [0.2, 0.25) is 5.91 Å². The van der Waals surface area contributed by atoms with E-state index in [1.807, 2.05) is 46.9 Å². The summed E-state index contributed by atoms with van der Waals surface area (Å²) in [5, 5.41) is 3.10. The molecule has 0 bridgehead atoms. The molecular formula is C19H24N4O2. The first-order chi connectivity index (χ1) is 12.1. The molecule has 0 aliphatic carbocycles. The first-order valence-electron chi connectivity index (χ1n) is 8.73. The number of aromatic nitrogens is 2. The van der Waals surface area contributed by atoms with Crippen molar-refractivity contribution >= 4 is 11.8 Å². The third-order valence-electron chi connectivity index (χ3n) is 4.72. The number of carbonyl (C=O) groups excluding carboxylic acids is 2. The number of benzene rings is 1. The zero-order valence-corrected chi connectivity index (χ0v) is 14.5. The average Bonchev–Trinajstić information content (AvgIpc) is 3.14. The zero-order chi connectivity index (χ0) is 17.6. The van der Waals surface area contributed by atoms with Crippen LogP contribution in [-0.2, 0) is 11.3 Å². The third-order valence-corrected chi connectivity index (χ3v) is 4.72. The Labute approximate surface area is 147 Å². The van der Waals surface area contributed by atoms with Gasteiger partial charge in [0, 0.05) is 50.1 Å². The Kier molecular flexibility index (Phi) is 5.48. The van der Waals surface area contributed by atoms with Gasteiger partial charge in [0.15, 0.2) is 0 Å². The first kappa shape index (κ1) is 17.2. The van der Waals surface area contributed by atoms with E-state index in [-0.39, 0.29) is 17.9 Å². The molecule has 0 spiro atoms. The van der Waals surface area contributed by atoms with Gasteiger partial charge in [0.1, 0.15) is 0 Å². The number of likely N-dealkylation sites (tertiary alicyclic amines) is 1. The van der Waals surface area contributed by atoms with Crippen molar-refractivity contribution in [1.29, 1.82) is 0 Å². The first-order valence-corrected chi connectivity index (χ1v) is 8.73. The van der Waals surface area contributed by atoms with Gasteiger partial charge in [0.05, 0.1) is 6.33 Å². The summed E-state index contributed by atoms with van der Waals surface area (Å²) < 4.78 is 1.91. The summed E-state index contributed by atoms with van der Waals surface area (Å²) in [5.41, 5.74) is 1.70. The number of amides is 2. The Hall–Kier alpha value is -2.63. The van der Waals surface area contributed by atoms with Crippen LogP contribution in [0, 0.1) is 6.92 Å². The topological polar surface area (TPSA) is 67.2 Å². The molecule has 2 amide bonds. The number of rotatable bonds is 5. The van der Waals surface area contributed by atoms with Crippen LogP contribution in [0.2, 0.25) is 0 Å². The van der Waals surface area contributed by atoms with E-state index in [0.717, 1.165) is 24.0 Å². The van der Waals surface area contributed by atoms with Crippen LogP contribution in [0.1, 0.15) is 35.2 Å². The molecule has 1 N–H and O–H groups in total. The van der Waals surface area contributed by atoms with E-state index in [9.17, 15) is 9.59 Å². The van der Waals surface area contributed by atoms with Crippen LogP contribution in [0.5, 0.6) is 0 Å². The summed E-state index contributed by atoms with van der Waals surface area (Å²) >= 11 is 0. The molecule has 0 unspecified atom stereocenters. The maximum Gasteiger partial charge on any atom is 0.251 e. The molecule has 6 nitrogen and oxygen atoms in total. The number of aryl methyl sites for hydroxylation is 2. The summed E-state index contributed by atoms with van der Waals surface area (Å²) in [6.07, 6.45) is 7.38. The minimum absolute atomic E-state index is 0.0250. The summed E-state index contributed by atoms with van der Waals surface area (Å²) in [5.74, 6) is 0.139. The van der Waals surface area contributed by atoms with Crippen molar-refractivity contribution in [2.24, 2.45) is 0 Å². The van der Waals surface area contributed by atoms with E-state index < -0.39 is 0 Å². The van der Waals surface area contributed by atoms with E-state index >= 15 is 0 Å². The summed E-state index contributed by atoms with van der Waals surface area (Å²) in [4.78, 5) is 30.6. The van der Waals surface area contributed by atoms with Crippen LogP contribution >= 0.6 is 0 Å². The van der Waals surface area contributed by atoms with Gasteiger partial charge in [-0.3, -0.25) is 9.59 Å². The Balaban J connectivity index is 1.44. The van der Waals surface area contributed by atoms with E-state index in [1.54, 1.807) is 12.5 Å². The third kappa shape index (κ3) is 4.47. The monoisotopic (exact) mass is 340 g/mol. The lowest BCUT2D eigenvalue weighted by atomic mass is 10.0. The predicted octanol–water partition coefficient (Wildman–Crippen LogP) is 2.00. The lowest BCUT2D eigenvalue weighted by Gasteiger charge is -2.32. The lowest BCUT2D eigenvalue weighted by Crippen LogP contribution is -2.46. The molecule has 0 atom stereocenters. The second kappa shape index (κ2) is 7.96. The van der Waals surface area contributed by atoms with Crippen molar-refractivity contribution in [1.82, 2.24) is 19.8 Å². The molecule has 1 aromatic carbocycles. The van der Waals surface area contributed by atoms with E-state index in [2.05, 4.69) is 10.3 Å². The average molecular weight is 340 g/mol. The van der Waals surface area contributed by atoms with Crippen molar-refractivity contribution < 1.29 is 9.59 Å². The molecule has 1 saturated heterocycles. The van der Waals surface area contributed by atoms with E-state index in [1.165, 1.54) is 0 Å². The molecule has 1 aromatic heterocycles. The number of piperidine rings is 1. The van der Waals surface area contributed by atoms with Gasteiger partial charge < -0.3 is 14.8 Å².